The smallest absolute Gasteiger partial charge is 0.158 e. The monoisotopic (exact) mass is 295 g/mol. The summed E-state index contributed by atoms with van der Waals surface area (Å²) in [7, 11) is 4.17. The lowest BCUT2D eigenvalue weighted by Crippen LogP contribution is -2.26. The molecule has 2 aromatic heterocycles. The number of halogens is 1. The largest absolute Gasteiger partial charge is 0.310 e. The summed E-state index contributed by atoms with van der Waals surface area (Å²) in [6.45, 7) is 5.91. The van der Waals surface area contributed by atoms with Gasteiger partial charge in [0.2, 0.25) is 0 Å². The average molecular weight is 296 g/mol. The predicted molar refractivity (Wildman–Crippen MR) is 81.2 cm³/mol. The average Bonchev–Trinajstić information content (AvgIpc) is 3.09. The van der Waals surface area contributed by atoms with Crippen molar-refractivity contribution in [3.8, 4) is 0 Å². The molecule has 1 saturated carbocycles. The summed E-state index contributed by atoms with van der Waals surface area (Å²) in [5.41, 5.74) is 3.02. The van der Waals surface area contributed by atoms with Crippen LogP contribution in [0.3, 0.4) is 0 Å². The molecule has 1 fully saturated rings. The molecule has 0 saturated heterocycles. The Bertz CT molecular complexity index is 623. The number of imidazole rings is 1. The second-order valence-electron chi connectivity index (χ2n) is 5.83. The van der Waals surface area contributed by atoms with Gasteiger partial charge in [-0.05, 0) is 33.7 Å². The molecule has 0 amide bonds. The molecular weight excluding hydrogens is 274 g/mol. The molecular formula is C14H22ClN5. The number of likely N-dealkylation sites (N-methyl/N-ethyl adjacent to an activating group) is 1. The molecule has 0 N–H and O–H groups in total. The lowest BCUT2D eigenvalue weighted by atomic mass is 10.4. The van der Waals surface area contributed by atoms with E-state index in [9.17, 15) is 0 Å². The van der Waals surface area contributed by atoms with Crippen molar-refractivity contribution in [2.75, 3.05) is 13.6 Å². The van der Waals surface area contributed by atoms with E-state index in [-0.39, 0.29) is 5.38 Å². The molecule has 6 heteroatoms. The second-order valence-corrected chi connectivity index (χ2v) is 6.49. The highest BCUT2D eigenvalue weighted by atomic mass is 35.5. The van der Waals surface area contributed by atoms with Crippen LogP contribution in [0.25, 0.3) is 11.2 Å². The van der Waals surface area contributed by atoms with Gasteiger partial charge in [-0.3, -0.25) is 4.68 Å². The third kappa shape index (κ3) is 2.33. The lowest BCUT2D eigenvalue weighted by Gasteiger charge is -2.18. The number of rotatable bonds is 5. The van der Waals surface area contributed by atoms with Gasteiger partial charge < -0.3 is 9.47 Å². The van der Waals surface area contributed by atoms with Crippen LogP contribution in [-0.2, 0) is 13.6 Å². The first-order valence-electron chi connectivity index (χ1n) is 7.23. The topological polar surface area (TPSA) is 38.9 Å². The van der Waals surface area contributed by atoms with Crippen LogP contribution in [0, 0.1) is 6.92 Å². The Balaban J connectivity index is 1.95. The Kier molecular flexibility index (Phi) is 3.50. The van der Waals surface area contributed by atoms with Gasteiger partial charge in [-0.25, -0.2) is 4.98 Å². The van der Waals surface area contributed by atoms with Crippen LogP contribution < -0.4 is 0 Å². The van der Waals surface area contributed by atoms with Crippen LogP contribution in [0.4, 0.5) is 0 Å². The Labute approximate surface area is 124 Å². The molecule has 0 spiro atoms. The Morgan fingerprint density at radius 2 is 2.15 bits per heavy atom. The third-order valence-electron chi connectivity index (χ3n) is 4.12. The molecule has 1 atom stereocenters. The Morgan fingerprint density at radius 1 is 1.45 bits per heavy atom. The molecule has 0 aliphatic heterocycles. The molecule has 2 aromatic rings. The molecule has 0 bridgehead atoms. The van der Waals surface area contributed by atoms with Crippen LogP contribution in [0.1, 0.15) is 36.7 Å². The van der Waals surface area contributed by atoms with Crippen LogP contribution >= 0.6 is 11.6 Å². The van der Waals surface area contributed by atoms with Crippen LogP contribution in [-0.4, -0.2) is 43.9 Å². The number of fused-ring (bicyclic) bond motifs is 1. The quantitative estimate of drug-likeness (QED) is 0.796. The normalized spacial score (nSPS) is 17.3. The predicted octanol–water partition coefficient (Wildman–Crippen LogP) is 2.47. The van der Waals surface area contributed by atoms with E-state index < -0.39 is 0 Å². The van der Waals surface area contributed by atoms with Crippen molar-refractivity contribution in [2.45, 2.75) is 44.7 Å². The number of alkyl halides is 1. The van der Waals surface area contributed by atoms with Crippen molar-refractivity contribution in [1.82, 2.24) is 24.2 Å². The molecule has 1 unspecified atom stereocenters. The summed E-state index contributed by atoms with van der Waals surface area (Å²) < 4.78 is 4.14. The second kappa shape index (κ2) is 5.04. The highest BCUT2D eigenvalue weighted by Gasteiger charge is 2.26. The van der Waals surface area contributed by atoms with Gasteiger partial charge in [0.15, 0.2) is 5.65 Å². The van der Waals surface area contributed by atoms with Gasteiger partial charge in [0, 0.05) is 26.2 Å². The first-order chi connectivity index (χ1) is 9.49. The standard InChI is InChI=1S/C14H22ClN5/c1-9(15)13-16-12-10(2)17-19(4)14(12)20(13)8-7-18(3)11-5-6-11/h9,11H,5-8H2,1-4H3. The molecule has 2 heterocycles. The highest BCUT2D eigenvalue weighted by Crippen LogP contribution is 2.28. The molecule has 5 nitrogen and oxygen atoms in total. The zero-order valence-corrected chi connectivity index (χ0v) is 13.4. The van der Waals surface area contributed by atoms with Crippen molar-refractivity contribution in [2.24, 2.45) is 7.05 Å². The summed E-state index contributed by atoms with van der Waals surface area (Å²) >= 11 is 6.30. The fraction of sp³-hybridized carbons (Fsp3) is 0.714. The van der Waals surface area contributed by atoms with Gasteiger partial charge in [0.1, 0.15) is 11.3 Å². The van der Waals surface area contributed by atoms with Gasteiger partial charge in [0.25, 0.3) is 0 Å². The van der Waals surface area contributed by atoms with Crippen molar-refractivity contribution < 1.29 is 0 Å². The van der Waals surface area contributed by atoms with Crippen LogP contribution in [0.2, 0.25) is 0 Å². The van der Waals surface area contributed by atoms with Crippen molar-refractivity contribution in [3.63, 3.8) is 0 Å². The van der Waals surface area contributed by atoms with Crippen LogP contribution in [0.15, 0.2) is 0 Å². The summed E-state index contributed by atoms with van der Waals surface area (Å²) in [6, 6.07) is 0.777. The van der Waals surface area contributed by atoms with Gasteiger partial charge in [0.05, 0.1) is 11.1 Å². The summed E-state index contributed by atoms with van der Waals surface area (Å²) in [6.07, 6.45) is 2.67. The van der Waals surface area contributed by atoms with Gasteiger partial charge in [-0.1, -0.05) is 0 Å². The fourth-order valence-corrected chi connectivity index (χ4v) is 3.00. The van der Waals surface area contributed by atoms with Crippen molar-refractivity contribution in [3.05, 3.63) is 11.5 Å². The zero-order valence-electron chi connectivity index (χ0n) is 12.6. The molecule has 1 aliphatic carbocycles. The van der Waals surface area contributed by atoms with E-state index in [4.69, 9.17) is 16.6 Å². The summed E-state index contributed by atoms with van der Waals surface area (Å²) in [5, 5.41) is 4.37. The minimum absolute atomic E-state index is 0.0898. The molecule has 20 heavy (non-hydrogen) atoms. The first-order valence-corrected chi connectivity index (χ1v) is 7.66. The van der Waals surface area contributed by atoms with Crippen molar-refractivity contribution in [1.29, 1.82) is 0 Å². The minimum Gasteiger partial charge on any atom is -0.310 e. The van der Waals surface area contributed by atoms with E-state index in [0.717, 1.165) is 41.8 Å². The maximum absolute atomic E-state index is 6.30. The molecule has 1 aliphatic rings. The highest BCUT2D eigenvalue weighted by molar-refractivity contribution is 6.20. The number of hydrogen-bond acceptors (Lipinski definition) is 3. The first kappa shape index (κ1) is 13.9. The minimum atomic E-state index is -0.0898. The van der Waals surface area contributed by atoms with E-state index in [2.05, 4.69) is 21.6 Å². The number of nitrogens with zero attached hydrogens (tertiary/aromatic N) is 5. The van der Waals surface area contributed by atoms with Gasteiger partial charge in [-0.2, -0.15) is 5.10 Å². The Morgan fingerprint density at radius 3 is 2.75 bits per heavy atom. The van der Waals surface area contributed by atoms with Gasteiger partial charge in [-0.15, -0.1) is 11.6 Å². The number of hydrogen-bond donors (Lipinski definition) is 0. The number of aryl methyl sites for hydroxylation is 2. The fourth-order valence-electron chi connectivity index (χ4n) is 2.83. The number of aromatic nitrogens is 4. The summed E-state index contributed by atoms with van der Waals surface area (Å²) in [4.78, 5) is 7.13. The molecule has 3 rings (SSSR count). The molecule has 0 radical (unpaired) electrons. The SMILES string of the molecule is Cc1nn(C)c2c1nc(C(C)Cl)n2CCN(C)C1CC1. The Hall–Kier alpha value is -1.07. The molecule has 110 valence electrons. The maximum atomic E-state index is 6.30. The lowest BCUT2D eigenvalue weighted by molar-refractivity contribution is 0.308. The van der Waals surface area contributed by atoms with E-state index >= 15 is 0 Å². The maximum Gasteiger partial charge on any atom is 0.158 e. The van der Waals surface area contributed by atoms with E-state index in [1.807, 2.05) is 25.6 Å². The van der Waals surface area contributed by atoms with Crippen molar-refractivity contribution >= 4 is 22.8 Å². The van der Waals surface area contributed by atoms with E-state index in [1.165, 1.54) is 12.8 Å². The zero-order chi connectivity index (χ0) is 14.4. The summed E-state index contributed by atoms with van der Waals surface area (Å²) in [5.74, 6) is 0.946. The third-order valence-corrected chi connectivity index (χ3v) is 4.32. The molecule has 0 aromatic carbocycles. The van der Waals surface area contributed by atoms with E-state index in [1.54, 1.807) is 0 Å². The van der Waals surface area contributed by atoms with Gasteiger partial charge >= 0.3 is 0 Å². The van der Waals surface area contributed by atoms with E-state index in [0.29, 0.717) is 0 Å². The van der Waals surface area contributed by atoms with Crippen LogP contribution in [0.5, 0.6) is 0 Å².